The highest BCUT2D eigenvalue weighted by Crippen LogP contribution is 1.27. The molecule has 0 saturated carbocycles. The Bertz CT molecular complexity index is 191. The minimum absolute atomic E-state index is 1.76. The average Bonchev–Trinajstić information content (AvgIpc) is 1.35. The van der Waals surface area contributed by atoms with Crippen LogP contribution < -0.4 is 0 Å². The highest BCUT2D eigenvalue weighted by molar-refractivity contribution is 7.70. The second-order valence-corrected chi connectivity index (χ2v) is 1.19. The fourth-order valence-electron chi connectivity index (χ4n) is 0.0589. The van der Waals surface area contributed by atoms with Gasteiger partial charge in [0.1, 0.15) is 0 Å². The zero-order valence-electron chi connectivity index (χ0n) is 2.93. The second kappa shape index (κ2) is 2.49. The molecule has 0 heterocycles. The van der Waals surface area contributed by atoms with Crippen LogP contribution in [0.3, 0.4) is 0 Å². The minimum Gasteiger partial charge on any atom is -0.175 e. The van der Waals surface area contributed by atoms with Gasteiger partial charge in [0, 0.05) is 0 Å². The molecule has 0 atom stereocenters. The van der Waals surface area contributed by atoms with Crippen LogP contribution in [-0.2, 0) is 10.3 Å². The zero-order valence-corrected chi connectivity index (χ0v) is 3.75. The molecule has 0 aromatic heterocycles. The van der Waals surface area contributed by atoms with Crippen molar-refractivity contribution in [2.75, 3.05) is 0 Å². The highest BCUT2D eigenvalue weighted by atomic mass is 32.2. The normalized spacial score (nSPS) is 5.33. The molecule has 3 heteroatoms. The van der Waals surface area contributed by atoms with Crippen LogP contribution >= 0.6 is 0 Å². The van der Waals surface area contributed by atoms with Crippen LogP contribution in [0.25, 0.3) is 0 Å². The Morgan fingerprint density at radius 3 is 2.00 bits per heavy atom. The molecule has 0 amide bonds. The second-order valence-electron chi connectivity index (χ2n) is 0.514. The lowest BCUT2D eigenvalue weighted by Gasteiger charge is -1.29. The van der Waals surface area contributed by atoms with Gasteiger partial charge in [0.15, 0.2) is 0 Å². The summed E-state index contributed by atoms with van der Waals surface area (Å²) in [5.74, 6) is 0. The van der Waals surface area contributed by atoms with Gasteiger partial charge in [-0.2, -0.15) is 8.42 Å². The van der Waals surface area contributed by atoms with Crippen LogP contribution in [0, 0.1) is 0 Å². The predicted octanol–water partition coefficient (Wildman–Crippen LogP) is -0.392. The summed E-state index contributed by atoms with van der Waals surface area (Å²) in [5.41, 5.74) is 1.95. The van der Waals surface area contributed by atoms with Crippen LogP contribution in [-0.4, -0.2) is 13.4 Å². The van der Waals surface area contributed by atoms with E-state index >= 15 is 0 Å². The first-order chi connectivity index (χ1) is 2.77. The lowest BCUT2D eigenvalue weighted by atomic mass is 11.0. The molecule has 0 bridgehead atoms. The Balaban J connectivity index is 5.25. The predicted molar refractivity (Wildman–Crippen MR) is 23.1 cm³/mol. The third kappa shape index (κ3) is 3.25. The van der Waals surface area contributed by atoms with E-state index in [1.165, 1.54) is 0 Å². The molecule has 0 spiro atoms. The molecule has 0 aliphatic rings. The first kappa shape index (κ1) is 5.25. The van der Waals surface area contributed by atoms with Crippen molar-refractivity contribution in [3.05, 3.63) is 12.3 Å². The van der Waals surface area contributed by atoms with Crippen LogP contribution in [0.4, 0.5) is 0 Å². The Kier molecular flexibility index (Phi) is 2.17. The van der Waals surface area contributed by atoms with E-state index in [1.807, 2.05) is 5.73 Å². The molecule has 0 unspecified atom stereocenters. The monoisotopic (exact) mass is 102 g/mol. The molecular formula is C3H2O2S. The maximum atomic E-state index is 9.39. The fraction of sp³-hybridized carbons (Fsp3) is 0. The average molecular weight is 102 g/mol. The van der Waals surface area contributed by atoms with E-state index in [4.69, 9.17) is 0 Å². The van der Waals surface area contributed by atoms with Gasteiger partial charge in [-0.25, -0.2) is 0 Å². The summed E-state index contributed by atoms with van der Waals surface area (Å²) in [6, 6.07) is 0. The van der Waals surface area contributed by atoms with E-state index < -0.39 is 10.3 Å². The van der Waals surface area contributed by atoms with Crippen LogP contribution in [0.5, 0.6) is 0 Å². The Labute approximate surface area is 37.0 Å². The molecule has 2 nitrogen and oxygen atoms in total. The maximum Gasteiger partial charge on any atom is 0.268 e. The standard InChI is InChI=1S/C3H2O2S/c1-2-3-6(4)5/h1H2. The van der Waals surface area contributed by atoms with Gasteiger partial charge in [-0.3, -0.25) is 0 Å². The number of rotatable bonds is 0. The fourth-order valence-corrected chi connectivity index (χ4v) is 0.177. The first-order valence-electron chi connectivity index (χ1n) is 1.14. The molecule has 0 radical (unpaired) electrons. The molecule has 0 aromatic rings. The Morgan fingerprint density at radius 2 is 2.00 bits per heavy atom. The van der Waals surface area contributed by atoms with Gasteiger partial charge < -0.3 is 0 Å². The Hall–Kier alpha value is -0.750. The Morgan fingerprint density at radius 1 is 1.50 bits per heavy atom. The van der Waals surface area contributed by atoms with Crippen LogP contribution in [0.15, 0.2) is 12.3 Å². The molecule has 0 aromatic carbocycles. The van der Waals surface area contributed by atoms with Gasteiger partial charge in [-0.1, -0.05) is 5.73 Å². The summed E-state index contributed by atoms with van der Waals surface area (Å²) in [6.07, 6.45) is 0. The molecule has 0 fully saturated rings. The van der Waals surface area contributed by atoms with Crippen molar-refractivity contribution in [3.8, 4) is 0 Å². The van der Waals surface area contributed by atoms with Crippen molar-refractivity contribution in [3.63, 3.8) is 0 Å². The maximum absolute atomic E-state index is 9.39. The molecule has 0 N–H and O–H groups in total. The summed E-state index contributed by atoms with van der Waals surface area (Å²) in [4.78, 5) is 0. The lowest BCUT2D eigenvalue weighted by molar-refractivity contribution is 0.627. The minimum atomic E-state index is -2.24. The van der Waals surface area contributed by atoms with Crippen molar-refractivity contribution < 1.29 is 8.42 Å². The molecular weight excluding hydrogens is 100 g/mol. The SMILES string of the molecule is C=C=C=S(=O)=O. The van der Waals surface area contributed by atoms with Gasteiger partial charge in [-0.05, 0) is 6.58 Å². The van der Waals surface area contributed by atoms with Gasteiger partial charge >= 0.3 is 0 Å². The summed E-state index contributed by atoms with van der Waals surface area (Å²) in [6.45, 7) is 2.97. The molecule has 0 aliphatic carbocycles. The van der Waals surface area contributed by atoms with Crippen LogP contribution in [0.2, 0.25) is 0 Å². The highest BCUT2D eigenvalue weighted by Gasteiger charge is 1.43. The number of hydrogen-bond acceptors (Lipinski definition) is 2. The van der Waals surface area contributed by atoms with Gasteiger partial charge in [0.2, 0.25) is 0 Å². The summed E-state index contributed by atoms with van der Waals surface area (Å²) < 4.78 is 18.8. The van der Waals surface area contributed by atoms with Gasteiger partial charge in [-0.15, -0.1) is 0 Å². The lowest BCUT2D eigenvalue weighted by Crippen LogP contribution is -1.48. The quantitative estimate of drug-likeness (QED) is 0.308. The zero-order chi connectivity index (χ0) is 4.99. The summed E-state index contributed by atoms with van der Waals surface area (Å²) >= 11 is 0. The van der Waals surface area contributed by atoms with Crippen molar-refractivity contribution >= 4 is 15.3 Å². The number of hydrogen-bond donors (Lipinski definition) is 0. The molecule has 32 valence electrons. The van der Waals surface area contributed by atoms with E-state index in [0.29, 0.717) is 0 Å². The van der Waals surface area contributed by atoms with Crippen molar-refractivity contribution in [2.45, 2.75) is 0 Å². The molecule has 6 heavy (non-hydrogen) atoms. The smallest absolute Gasteiger partial charge is 0.175 e. The van der Waals surface area contributed by atoms with Crippen LogP contribution in [0.1, 0.15) is 0 Å². The molecule has 0 rings (SSSR count). The van der Waals surface area contributed by atoms with Gasteiger partial charge in [0.25, 0.3) is 10.3 Å². The third-order valence-corrected chi connectivity index (χ3v) is 0.467. The van der Waals surface area contributed by atoms with Gasteiger partial charge in [0.05, 0.1) is 5.02 Å². The first-order valence-corrected chi connectivity index (χ1v) is 2.22. The van der Waals surface area contributed by atoms with Crippen molar-refractivity contribution in [1.29, 1.82) is 0 Å². The van der Waals surface area contributed by atoms with E-state index in [2.05, 4.69) is 6.58 Å². The topological polar surface area (TPSA) is 34.1 Å². The summed E-state index contributed by atoms with van der Waals surface area (Å²) in [7, 11) is -2.24. The van der Waals surface area contributed by atoms with Crippen molar-refractivity contribution in [2.24, 2.45) is 0 Å². The third-order valence-electron chi connectivity index (χ3n) is 0.156. The van der Waals surface area contributed by atoms with E-state index in [9.17, 15) is 8.42 Å². The van der Waals surface area contributed by atoms with E-state index in [1.54, 1.807) is 5.02 Å². The molecule has 0 saturated heterocycles. The summed E-state index contributed by atoms with van der Waals surface area (Å²) in [5, 5.41) is 1.76. The van der Waals surface area contributed by atoms with Crippen molar-refractivity contribution in [1.82, 2.24) is 0 Å². The largest absolute Gasteiger partial charge is 0.268 e. The molecule has 0 aliphatic heterocycles. The van der Waals surface area contributed by atoms with E-state index in [-0.39, 0.29) is 0 Å². The van der Waals surface area contributed by atoms with E-state index in [0.717, 1.165) is 0 Å².